The Labute approximate surface area is 182 Å². The molecule has 0 saturated carbocycles. The predicted octanol–water partition coefficient (Wildman–Crippen LogP) is 6.79. The number of thioether (sulfide) groups is 1. The monoisotopic (exact) mass is 408 g/mol. The molecule has 0 amide bonds. The van der Waals surface area contributed by atoms with Crippen molar-refractivity contribution >= 4 is 24.2 Å². The van der Waals surface area contributed by atoms with E-state index in [1.165, 1.54) is 11.1 Å². The quantitative estimate of drug-likeness (QED) is 0.355. The summed E-state index contributed by atoms with van der Waals surface area (Å²) in [7, 11) is 0. The third-order valence-corrected chi connectivity index (χ3v) is 5.82. The third kappa shape index (κ3) is 10.5. The fourth-order valence-corrected chi connectivity index (χ4v) is 4.36. The summed E-state index contributed by atoms with van der Waals surface area (Å²) >= 11 is 2.00. The Kier molecular flexibility index (Phi) is 10.8. The van der Waals surface area contributed by atoms with Crippen molar-refractivity contribution in [2.24, 2.45) is 21.8 Å². The van der Waals surface area contributed by atoms with E-state index >= 15 is 0 Å². The fourth-order valence-electron chi connectivity index (χ4n) is 3.23. The average molecular weight is 409 g/mol. The van der Waals surface area contributed by atoms with E-state index in [9.17, 15) is 0 Å². The summed E-state index contributed by atoms with van der Waals surface area (Å²) in [6, 6.07) is 21.5. The van der Waals surface area contributed by atoms with Crippen molar-refractivity contribution in [3.8, 4) is 0 Å². The van der Waals surface area contributed by atoms with Gasteiger partial charge in [0.1, 0.15) is 0 Å². The predicted molar refractivity (Wildman–Crippen MR) is 132 cm³/mol. The summed E-state index contributed by atoms with van der Waals surface area (Å²) in [5.74, 6) is 3.40. The van der Waals surface area contributed by atoms with Crippen molar-refractivity contribution in [2.45, 2.75) is 52.6 Å². The highest BCUT2D eigenvalue weighted by Crippen LogP contribution is 2.19. The van der Waals surface area contributed by atoms with Gasteiger partial charge in [0, 0.05) is 23.9 Å². The summed E-state index contributed by atoms with van der Waals surface area (Å²) in [5.41, 5.74) is 2.35. The molecule has 0 radical (unpaired) electrons. The Morgan fingerprint density at radius 1 is 0.655 bits per heavy atom. The van der Waals surface area contributed by atoms with Crippen molar-refractivity contribution in [2.75, 3.05) is 11.5 Å². The molecule has 156 valence electrons. The first kappa shape index (κ1) is 23.4. The molecule has 2 rings (SSSR count). The molecule has 29 heavy (non-hydrogen) atoms. The molecule has 2 nitrogen and oxygen atoms in total. The maximum absolute atomic E-state index is 4.90. The van der Waals surface area contributed by atoms with Gasteiger partial charge < -0.3 is 0 Å². The normalized spacial score (nSPS) is 14.3. The van der Waals surface area contributed by atoms with Gasteiger partial charge in [-0.05, 0) is 35.8 Å². The molecule has 0 unspecified atom stereocenters. The van der Waals surface area contributed by atoms with Crippen LogP contribution in [-0.4, -0.2) is 36.0 Å². The van der Waals surface area contributed by atoms with Crippen LogP contribution in [0.15, 0.2) is 70.6 Å². The van der Waals surface area contributed by atoms with Crippen LogP contribution in [0, 0.1) is 11.8 Å². The highest BCUT2D eigenvalue weighted by molar-refractivity contribution is 7.99. The van der Waals surface area contributed by atoms with Gasteiger partial charge >= 0.3 is 0 Å². The Morgan fingerprint density at radius 3 is 1.38 bits per heavy atom. The summed E-state index contributed by atoms with van der Waals surface area (Å²) in [5, 5.41) is 0. The van der Waals surface area contributed by atoms with Gasteiger partial charge in [-0.3, -0.25) is 9.98 Å². The molecule has 0 bridgehead atoms. The zero-order valence-corrected chi connectivity index (χ0v) is 19.2. The molecule has 2 aromatic carbocycles. The second kappa shape index (κ2) is 13.4. The Hall–Kier alpha value is -1.87. The van der Waals surface area contributed by atoms with Crippen LogP contribution in [-0.2, 0) is 0 Å². The molecular formula is C26H36N2S. The topological polar surface area (TPSA) is 24.7 Å². The summed E-state index contributed by atoms with van der Waals surface area (Å²) in [6.45, 7) is 9.12. The molecule has 0 heterocycles. The minimum atomic E-state index is 0.359. The molecule has 3 heteroatoms. The second-order valence-corrected chi connectivity index (χ2v) is 9.56. The number of rotatable bonds is 12. The van der Waals surface area contributed by atoms with E-state index in [4.69, 9.17) is 9.98 Å². The van der Waals surface area contributed by atoms with Crippen LogP contribution in [0.25, 0.3) is 0 Å². The first-order valence-electron chi connectivity index (χ1n) is 10.8. The van der Waals surface area contributed by atoms with Crippen molar-refractivity contribution in [3.05, 3.63) is 71.8 Å². The lowest BCUT2D eigenvalue weighted by Crippen LogP contribution is -2.16. The summed E-state index contributed by atoms with van der Waals surface area (Å²) in [4.78, 5) is 9.80. The van der Waals surface area contributed by atoms with E-state index in [0.29, 0.717) is 23.9 Å². The van der Waals surface area contributed by atoms with Crippen LogP contribution in [0.1, 0.15) is 51.7 Å². The highest BCUT2D eigenvalue weighted by Gasteiger charge is 2.13. The van der Waals surface area contributed by atoms with E-state index < -0.39 is 0 Å². The third-order valence-electron chi connectivity index (χ3n) is 4.58. The van der Waals surface area contributed by atoms with Gasteiger partial charge in [-0.2, -0.15) is 11.8 Å². The summed E-state index contributed by atoms with van der Waals surface area (Å²) in [6.07, 6.45) is 6.32. The van der Waals surface area contributed by atoms with E-state index in [1.54, 1.807) is 0 Å². The zero-order chi connectivity index (χ0) is 20.9. The lowest BCUT2D eigenvalue weighted by molar-refractivity contribution is 0.521. The smallest absolute Gasteiger partial charge is 0.0592 e. The lowest BCUT2D eigenvalue weighted by atomic mass is 10.1. The van der Waals surface area contributed by atoms with Gasteiger partial charge in [0.25, 0.3) is 0 Å². The van der Waals surface area contributed by atoms with Crippen molar-refractivity contribution in [1.82, 2.24) is 0 Å². The summed E-state index contributed by atoms with van der Waals surface area (Å²) < 4.78 is 0. The number of benzene rings is 2. The first-order valence-corrected chi connectivity index (χ1v) is 11.9. The molecule has 0 aliphatic heterocycles. The first-order chi connectivity index (χ1) is 14.0. The molecule has 2 atom stereocenters. The van der Waals surface area contributed by atoms with E-state index in [2.05, 4.69) is 76.2 Å². The van der Waals surface area contributed by atoms with Crippen molar-refractivity contribution in [3.63, 3.8) is 0 Å². The van der Waals surface area contributed by atoms with Crippen LogP contribution in [0.4, 0.5) is 0 Å². The van der Waals surface area contributed by atoms with E-state index in [0.717, 1.165) is 24.3 Å². The van der Waals surface area contributed by atoms with Gasteiger partial charge in [0.15, 0.2) is 0 Å². The molecule has 0 spiro atoms. The van der Waals surface area contributed by atoms with Crippen molar-refractivity contribution in [1.29, 1.82) is 0 Å². The number of hydrogen-bond acceptors (Lipinski definition) is 3. The van der Waals surface area contributed by atoms with Gasteiger partial charge in [0.2, 0.25) is 0 Å². The lowest BCUT2D eigenvalue weighted by Gasteiger charge is -2.18. The molecule has 0 aliphatic carbocycles. The molecule has 0 saturated heterocycles. The minimum Gasteiger partial charge on any atom is -0.288 e. The van der Waals surface area contributed by atoms with Crippen LogP contribution in [0.3, 0.4) is 0 Å². The maximum Gasteiger partial charge on any atom is 0.0592 e. The molecule has 0 aromatic heterocycles. The Morgan fingerprint density at radius 2 is 1.03 bits per heavy atom. The maximum atomic E-state index is 4.90. The molecular weight excluding hydrogens is 372 g/mol. The SMILES string of the molecule is CC(C)C[C@@H](CSC[C@H](CC(C)C)N=Cc1ccccc1)N=Cc1ccccc1. The van der Waals surface area contributed by atoms with Gasteiger partial charge in [-0.1, -0.05) is 88.4 Å². The molecule has 0 aliphatic rings. The standard InChI is InChI=1S/C26H36N2S/c1-21(2)15-25(27-17-23-11-7-5-8-12-23)19-29-20-26(16-22(3)4)28-18-24-13-9-6-10-14-24/h5-14,17-18,21-22,25-26H,15-16,19-20H2,1-4H3/t25-,26-/m0/s1. The van der Waals surface area contributed by atoms with Gasteiger partial charge in [0.05, 0.1) is 12.1 Å². The largest absolute Gasteiger partial charge is 0.288 e. The highest BCUT2D eigenvalue weighted by atomic mass is 32.2. The zero-order valence-electron chi connectivity index (χ0n) is 18.4. The Bertz CT molecular complexity index is 659. The van der Waals surface area contributed by atoms with Gasteiger partial charge in [-0.25, -0.2) is 0 Å². The number of aliphatic imine (C=N–C) groups is 2. The number of nitrogens with zero attached hydrogens (tertiary/aromatic N) is 2. The van der Waals surface area contributed by atoms with Crippen LogP contribution in [0.5, 0.6) is 0 Å². The molecule has 0 N–H and O–H groups in total. The van der Waals surface area contributed by atoms with E-state index in [-0.39, 0.29) is 0 Å². The molecule has 0 fully saturated rings. The number of hydrogen-bond donors (Lipinski definition) is 0. The Balaban J connectivity index is 1.92. The van der Waals surface area contributed by atoms with Crippen LogP contribution < -0.4 is 0 Å². The fraction of sp³-hybridized carbons (Fsp3) is 0.462. The van der Waals surface area contributed by atoms with Gasteiger partial charge in [-0.15, -0.1) is 0 Å². The van der Waals surface area contributed by atoms with E-state index in [1.807, 2.05) is 36.3 Å². The van der Waals surface area contributed by atoms with Crippen LogP contribution >= 0.6 is 11.8 Å². The molecule has 2 aromatic rings. The second-order valence-electron chi connectivity index (χ2n) is 8.48. The average Bonchev–Trinajstić information content (AvgIpc) is 2.71. The minimum absolute atomic E-state index is 0.359. The van der Waals surface area contributed by atoms with Crippen molar-refractivity contribution < 1.29 is 0 Å². The van der Waals surface area contributed by atoms with Crippen LogP contribution in [0.2, 0.25) is 0 Å².